The van der Waals surface area contributed by atoms with Crippen LogP contribution in [0.4, 0.5) is 0 Å². The molecule has 1 amide bonds. The molecule has 0 aliphatic heterocycles. The van der Waals surface area contributed by atoms with Crippen LogP contribution >= 0.6 is 0 Å². The maximum Gasteiger partial charge on any atom is 0.220 e. The number of carbonyl (C=O) groups is 1. The van der Waals surface area contributed by atoms with Gasteiger partial charge in [-0.3, -0.25) is 4.79 Å². The molecule has 8 heteroatoms. The van der Waals surface area contributed by atoms with E-state index in [1.54, 1.807) is 6.20 Å². The van der Waals surface area contributed by atoms with Gasteiger partial charge in [-0.1, -0.05) is 20.3 Å². The molecule has 1 unspecified atom stereocenters. The average Bonchev–Trinajstić information content (AvgIpc) is 3.05. The molecule has 0 aliphatic rings. The van der Waals surface area contributed by atoms with Gasteiger partial charge < -0.3 is 19.5 Å². The van der Waals surface area contributed by atoms with Crippen molar-refractivity contribution in [1.82, 2.24) is 20.7 Å². The SMILES string of the molecule is CCC(C)CC(=O)NCCOCCOCCOCc1cn[nH]n1. The van der Waals surface area contributed by atoms with Gasteiger partial charge in [0.1, 0.15) is 5.69 Å². The highest BCUT2D eigenvalue weighted by Crippen LogP contribution is 2.05. The van der Waals surface area contributed by atoms with E-state index < -0.39 is 0 Å². The summed E-state index contributed by atoms with van der Waals surface area (Å²) in [5.74, 6) is 0.513. The molecule has 0 aliphatic carbocycles. The largest absolute Gasteiger partial charge is 0.377 e. The predicted molar refractivity (Wildman–Crippen MR) is 84.8 cm³/mol. The van der Waals surface area contributed by atoms with Gasteiger partial charge in [0.2, 0.25) is 5.91 Å². The molecule has 0 fully saturated rings. The monoisotopic (exact) mass is 328 g/mol. The summed E-state index contributed by atoms with van der Waals surface area (Å²) in [5, 5.41) is 12.9. The Morgan fingerprint density at radius 2 is 1.91 bits per heavy atom. The minimum atomic E-state index is 0.0865. The van der Waals surface area contributed by atoms with Gasteiger partial charge in [0.05, 0.1) is 45.8 Å². The van der Waals surface area contributed by atoms with Crippen molar-refractivity contribution in [2.24, 2.45) is 5.92 Å². The summed E-state index contributed by atoms with van der Waals surface area (Å²) in [6, 6.07) is 0. The molecule has 0 saturated carbocycles. The van der Waals surface area contributed by atoms with Crippen molar-refractivity contribution in [3.63, 3.8) is 0 Å². The number of hydrogen-bond donors (Lipinski definition) is 2. The van der Waals surface area contributed by atoms with E-state index in [9.17, 15) is 4.79 Å². The Kier molecular flexibility index (Phi) is 11.0. The van der Waals surface area contributed by atoms with Gasteiger partial charge in [0, 0.05) is 13.0 Å². The maximum atomic E-state index is 11.5. The molecule has 0 spiro atoms. The van der Waals surface area contributed by atoms with Crippen molar-refractivity contribution < 1.29 is 19.0 Å². The molecule has 0 saturated heterocycles. The van der Waals surface area contributed by atoms with Crippen LogP contribution in [0.3, 0.4) is 0 Å². The standard InChI is InChI=1S/C15H28N4O4/c1-3-13(2)10-15(20)16-4-5-21-6-7-22-8-9-23-12-14-11-17-19-18-14/h11,13H,3-10,12H2,1-2H3,(H,16,20)(H,17,18,19). The van der Waals surface area contributed by atoms with Gasteiger partial charge in [-0.15, -0.1) is 0 Å². The molecular formula is C15H28N4O4. The first-order chi connectivity index (χ1) is 11.2. The highest BCUT2D eigenvalue weighted by atomic mass is 16.5. The van der Waals surface area contributed by atoms with Gasteiger partial charge in [-0.25, -0.2) is 0 Å². The van der Waals surface area contributed by atoms with Crippen molar-refractivity contribution in [2.45, 2.75) is 33.3 Å². The summed E-state index contributed by atoms with van der Waals surface area (Å²) in [6.45, 7) is 7.63. The lowest BCUT2D eigenvalue weighted by Gasteiger charge is -2.09. The van der Waals surface area contributed by atoms with E-state index in [4.69, 9.17) is 14.2 Å². The van der Waals surface area contributed by atoms with Crippen LogP contribution in [0.2, 0.25) is 0 Å². The molecular weight excluding hydrogens is 300 g/mol. The molecule has 132 valence electrons. The molecule has 1 atom stereocenters. The average molecular weight is 328 g/mol. The fraction of sp³-hybridized carbons (Fsp3) is 0.800. The van der Waals surface area contributed by atoms with E-state index in [0.29, 0.717) is 58.5 Å². The summed E-state index contributed by atoms with van der Waals surface area (Å²) in [4.78, 5) is 11.5. The number of ether oxygens (including phenoxy) is 3. The number of H-pyrrole nitrogens is 1. The Bertz CT molecular complexity index is 400. The number of nitrogens with one attached hydrogen (secondary N) is 2. The molecule has 1 rings (SSSR count). The van der Waals surface area contributed by atoms with Crippen LogP contribution in [-0.2, 0) is 25.6 Å². The van der Waals surface area contributed by atoms with Crippen LogP contribution < -0.4 is 5.32 Å². The lowest BCUT2D eigenvalue weighted by atomic mass is 10.1. The molecule has 0 bridgehead atoms. The summed E-state index contributed by atoms with van der Waals surface area (Å²) in [7, 11) is 0. The first-order valence-corrected chi connectivity index (χ1v) is 8.07. The van der Waals surface area contributed by atoms with Gasteiger partial charge in [-0.05, 0) is 5.92 Å². The highest BCUT2D eigenvalue weighted by Gasteiger charge is 2.05. The first kappa shape index (κ1) is 19.5. The molecule has 23 heavy (non-hydrogen) atoms. The third kappa shape index (κ3) is 10.8. The van der Waals surface area contributed by atoms with Crippen LogP contribution in [0.1, 0.15) is 32.4 Å². The third-order valence-corrected chi connectivity index (χ3v) is 3.26. The van der Waals surface area contributed by atoms with Crippen LogP contribution in [0.15, 0.2) is 6.20 Å². The quantitative estimate of drug-likeness (QED) is 0.493. The lowest BCUT2D eigenvalue weighted by Crippen LogP contribution is -2.28. The molecule has 1 aromatic rings. The summed E-state index contributed by atoms with van der Waals surface area (Å²) in [6.07, 6.45) is 3.22. The second kappa shape index (κ2) is 13.0. The van der Waals surface area contributed by atoms with Crippen molar-refractivity contribution >= 4 is 5.91 Å². The molecule has 0 aromatic carbocycles. The zero-order valence-electron chi connectivity index (χ0n) is 14.0. The molecule has 8 nitrogen and oxygen atoms in total. The van der Waals surface area contributed by atoms with E-state index in [0.717, 1.165) is 12.1 Å². The van der Waals surface area contributed by atoms with Crippen molar-refractivity contribution in [3.05, 3.63) is 11.9 Å². The smallest absolute Gasteiger partial charge is 0.220 e. The Balaban J connectivity index is 1.78. The predicted octanol–water partition coefficient (Wildman–Crippen LogP) is 0.907. The number of amides is 1. The second-order valence-electron chi connectivity index (χ2n) is 5.31. The van der Waals surface area contributed by atoms with E-state index in [-0.39, 0.29) is 5.91 Å². The number of aromatic nitrogens is 3. The van der Waals surface area contributed by atoms with Gasteiger partial charge in [0.25, 0.3) is 0 Å². The summed E-state index contributed by atoms with van der Waals surface area (Å²) in [5.41, 5.74) is 0.767. The fourth-order valence-corrected chi connectivity index (χ4v) is 1.71. The van der Waals surface area contributed by atoms with E-state index in [1.807, 2.05) is 0 Å². The zero-order chi connectivity index (χ0) is 16.8. The number of hydrogen-bond acceptors (Lipinski definition) is 6. The van der Waals surface area contributed by atoms with Crippen LogP contribution in [0.5, 0.6) is 0 Å². The minimum Gasteiger partial charge on any atom is -0.377 e. The van der Waals surface area contributed by atoms with Crippen molar-refractivity contribution in [2.75, 3.05) is 39.6 Å². The van der Waals surface area contributed by atoms with Crippen molar-refractivity contribution in [3.8, 4) is 0 Å². The normalized spacial score (nSPS) is 12.3. The summed E-state index contributed by atoms with van der Waals surface area (Å²) >= 11 is 0. The molecule has 0 radical (unpaired) electrons. The van der Waals surface area contributed by atoms with E-state index >= 15 is 0 Å². The van der Waals surface area contributed by atoms with Crippen molar-refractivity contribution in [1.29, 1.82) is 0 Å². The Morgan fingerprint density at radius 1 is 1.22 bits per heavy atom. The van der Waals surface area contributed by atoms with Gasteiger partial charge >= 0.3 is 0 Å². The lowest BCUT2D eigenvalue weighted by molar-refractivity contribution is -0.122. The zero-order valence-corrected chi connectivity index (χ0v) is 14.0. The van der Waals surface area contributed by atoms with E-state index in [2.05, 4.69) is 34.6 Å². The maximum absolute atomic E-state index is 11.5. The van der Waals surface area contributed by atoms with Gasteiger partial charge in [-0.2, -0.15) is 15.4 Å². The first-order valence-electron chi connectivity index (χ1n) is 8.07. The van der Waals surface area contributed by atoms with E-state index in [1.165, 1.54) is 0 Å². The number of nitrogens with zero attached hydrogens (tertiary/aromatic N) is 2. The number of rotatable bonds is 14. The Morgan fingerprint density at radius 3 is 2.57 bits per heavy atom. The fourth-order valence-electron chi connectivity index (χ4n) is 1.71. The molecule has 2 N–H and O–H groups in total. The minimum absolute atomic E-state index is 0.0865. The number of carbonyl (C=O) groups excluding carboxylic acids is 1. The van der Waals surface area contributed by atoms with Crippen LogP contribution in [-0.4, -0.2) is 60.9 Å². The molecule has 1 heterocycles. The Hall–Kier alpha value is -1.51. The number of aromatic amines is 1. The molecule has 1 aromatic heterocycles. The Labute approximate surface area is 137 Å². The van der Waals surface area contributed by atoms with Gasteiger partial charge in [0.15, 0.2) is 0 Å². The summed E-state index contributed by atoms with van der Waals surface area (Å²) < 4.78 is 16.1. The highest BCUT2D eigenvalue weighted by molar-refractivity contribution is 5.76. The van der Waals surface area contributed by atoms with Crippen LogP contribution in [0.25, 0.3) is 0 Å². The topological polar surface area (TPSA) is 98.4 Å². The third-order valence-electron chi connectivity index (χ3n) is 3.26. The second-order valence-corrected chi connectivity index (χ2v) is 5.31. The van der Waals surface area contributed by atoms with Crippen LogP contribution in [0, 0.1) is 5.92 Å².